The quantitative estimate of drug-likeness (QED) is 0.692. The number of rotatable bonds is 7. The molecule has 1 unspecified atom stereocenters. The minimum absolute atomic E-state index is 0.103. The van der Waals surface area contributed by atoms with Gasteiger partial charge >= 0.3 is 0 Å². The number of anilines is 1. The standard InChI is InChI=1S/C21H29FN2O/c1-16(22)15-25-21(2,3)20-13-10-18(14-23-20)7-6-17-8-11-19(12-9-17)24(4)5/h6-9,11-12,14,16H,10,13,15H2,1-5H3/b7-6+. The third kappa shape index (κ3) is 5.82. The summed E-state index contributed by atoms with van der Waals surface area (Å²) >= 11 is 0. The summed E-state index contributed by atoms with van der Waals surface area (Å²) < 4.78 is 18.7. The van der Waals surface area contributed by atoms with Gasteiger partial charge in [-0.25, -0.2) is 4.39 Å². The van der Waals surface area contributed by atoms with Gasteiger partial charge in [-0.15, -0.1) is 0 Å². The fourth-order valence-corrected chi connectivity index (χ4v) is 2.63. The van der Waals surface area contributed by atoms with E-state index in [1.54, 1.807) is 0 Å². The number of hydrogen-bond acceptors (Lipinski definition) is 3. The van der Waals surface area contributed by atoms with E-state index in [0.29, 0.717) is 0 Å². The van der Waals surface area contributed by atoms with Crippen LogP contribution in [0.15, 0.2) is 47.1 Å². The van der Waals surface area contributed by atoms with E-state index in [1.165, 1.54) is 23.7 Å². The van der Waals surface area contributed by atoms with Gasteiger partial charge < -0.3 is 9.64 Å². The topological polar surface area (TPSA) is 24.8 Å². The lowest BCUT2D eigenvalue weighted by Gasteiger charge is -2.29. The zero-order valence-corrected chi connectivity index (χ0v) is 15.9. The van der Waals surface area contributed by atoms with E-state index >= 15 is 0 Å². The lowest BCUT2D eigenvalue weighted by molar-refractivity contribution is 0.00548. The Morgan fingerprint density at radius 2 is 1.88 bits per heavy atom. The molecule has 1 aliphatic rings. The minimum atomic E-state index is -0.962. The Hall–Kier alpha value is -1.94. The third-order valence-corrected chi connectivity index (χ3v) is 4.30. The molecular formula is C21H29FN2O. The minimum Gasteiger partial charge on any atom is -0.378 e. The lowest BCUT2D eigenvalue weighted by Crippen LogP contribution is -2.37. The smallest absolute Gasteiger partial charge is 0.121 e. The van der Waals surface area contributed by atoms with Gasteiger partial charge in [-0.2, -0.15) is 0 Å². The molecule has 4 heteroatoms. The van der Waals surface area contributed by atoms with Gasteiger partial charge in [-0.05, 0) is 56.9 Å². The molecule has 0 saturated heterocycles. The highest BCUT2D eigenvalue weighted by Crippen LogP contribution is 2.24. The highest BCUT2D eigenvalue weighted by molar-refractivity contribution is 5.93. The van der Waals surface area contributed by atoms with Gasteiger partial charge in [-0.1, -0.05) is 24.3 Å². The number of ether oxygens (including phenoxy) is 1. The van der Waals surface area contributed by atoms with Crippen molar-refractivity contribution < 1.29 is 9.13 Å². The van der Waals surface area contributed by atoms with E-state index in [2.05, 4.69) is 46.3 Å². The SMILES string of the molecule is CC(F)COC(C)(C)C1=NC=C(/C=C/c2ccc(N(C)C)cc2)CC1. The summed E-state index contributed by atoms with van der Waals surface area (Å²) in [5, 5.41) is 0. The maximum absolute atomic E-state index is 13.0. The molecule has 0 fully saturated rings. The van der Waals surface area contributed by atoms with Crippen molar-refractivity contribution in [3.63, 3.8) is 0 Å². The van der Waals surface area contributed by atoms with Crippen LogP contribution in [0.3, 0.4) is 0 Å². The Morgan fingerprint density at radius 1 is 1.20 bits per heavy atom. The molecule has 136 valence electrons. The van der Waals surface area contributed by atoms with Crippen LogP contribution in [0, 0.1) is 0 Å². The van der Waals surface area contributed by atoms with E-state index in [-0.39, 0.29) is 6.61 Å². The molecule has 0 bridgehead atoms. The summed E-state index contributed by atoms with van der Waals surface area (Å²) in [7, 11) is 4.07. The first-order valence-corrected chi connectivity index (χ1v) is 8.77. The Balaban J connectivity index is 2.00. The third-order valence-electron chi connectivity index (χ3n) is 4.30. The van der Waals surface area contributed by atoms with Crippen LogP contribution in [0.5, 0.6) is 0 Å². The average molecular weight is 344 g/mol. The summed E-state index contributed by atoms with van der Waals surface area (Å²) in [5.74, 6) is 0. The fourth-order valence-electron chi connectivity index (χ4n) is 2.63. The van der Waals surface area contributed by atoms with Crippen molar-refractivity contribution in [3.8, 4) is 0 Å². The summed E-state index contributed by atoms with van der Waals surface area (Å²) in [4.78, 5) is 6.64. The van der Waals surface area contributed by atoms with E-state index in [1.807, 2.05) is 34.1 Å². The molecule has 0 spiro atoms. The second-order valence-corrected chi connectivity index (χ2v) is 7.20. The zero-order valence-electron chi connectivity index (χ0n) is 15.9. The van der Waals surface area contributed by atoms with Crippen molar-refractivity contribution in [2.24, 2.45) is 4.99 Å². The number of allylic oxidation sites excluding steroid dienone is 2. The van der Waals surface area contributed by atoms with Crippen molar-refractivity contribution in [1.82, 2.24) is 0 Å². The molecule has 1 heterocycles. The highest BCUT2D eigenvalue weighted by Gasteiger charge is 2.27. The van der Waals surface area contributed by atoms with Crippen molar-refractivity contribution in [2.45, 2.75) is 45.4 Å². The van der Waals surface area contributed by atoms with Crippen LogP contribution in [0.2, 0.25) is 0 Å². The first-order chi connectivity index (χ1) is 11.8. The average Bonchev–Trinajstić information content (AvgIpc) is 2.59. The number of alkyl halides is 1. The van der Waals surface area contributed by atoms with E-state index in [0.717, 1.165) is 18.6 Å². The molecule has 1 aromatic carbocycles. The molecule has 0 N–H and O–H groups in total. The highest BCUT2D eigenvalue weighted by atomic mass is 19.1. The van der Waals surface area contributed by atoms with E-state index < -0.39 is 11.8 Å². The van der Waals surface area contributed by atoms with Crippen molar-refractivity contribution >= 4 is 17.5 Å². The number of halogens is 1. The molecule has 3 nitrogen and oxygen atoms in total. The van der Waals surface area contributed by atoms with Gasteiger partial charge in [0.15, 0.2) is 0 Å². The molecule has 0 saturated carbocycles. The second-order valence-electron chi connectivity index (χ2n) is 7.20. The maximum atomic E-state index is 13.0. The van der Waals surface area contributed by atoms with Crippen molar-refractivity contribution in [2.75, 3.05) is 25.6 Å². The molecular weight excluding hydrogens is 315 g/mol. The number of benzene rings is 1. The lowest BCUT2D eigenvalue weighted by atomic mass is 9.94. The predicted molar refractivity (Wildman–Crippen MR) is 105 cm³/mol. The van der Waals surface area contributed by atoms with Crippen LogP contribution < -0.4 is 4.90 Å². The first-order valence-electron chi connectivity index (χ1n) is 8.77. The Kier molecular flexibility index (Phi) is 6.54. The normalized spacial score (nSPS) is 16.6. The van der Waals surface area contributed by atoms with Gasteiger partial charge in [0.1, 0.15) is 11.8 Å². The van der Waals surface area contributed by atoms with E-state index in [4.69, 9.17) is 4.74 Å². The summed E-state index contributed by atoms with van der Waals surface area (Å²) in [6, 6.07) is 8.44. The van der Waals surface area contributed by atoms with Crippen LogP contribution in [0.25, 0.3) is 6.08 Å². The largest absolute Gasteiger partial charge is 0.378 e. The molecule has 25 heavy (non-hydrogen) atoms. The van der Waals surface area contributed by atoms with Crippen LogP contribution in [-0.2, 0) is 4.74 Å². The summed E-state index contributed by atoms with van der Waals surface area (Å²) in [6.45, 7) is 5.52. The Bertz CT molecular complexity index is 655. The molecule has 2 rings (SSSR count). The van der Waals surface area contributed by atoms with Crippen LogP contribution in [0.4, 0.5) is 10.1 Å². The van der Waals surface area contributed by atoms with Gasteiger partial charge in [0.2, 0.25) is 0 Å². The Labute approximate surface area is 150 Å². The molecule has 1 aromatic rings. The molecule has 0 radical (unpaired) electrons. The van der Waals surface area contributed by atoms with Gasteiger partial charge in [-0.3, -0.25) is 4.99 Å². The molecule has 0 aliphatic carbocycles. The number of hydrogen-bond donors (Lipinski definition) is 0. The zero-order chi connectivity index (χ0) is 18.4. The number of aliphatic imine (C=N–C) groups is 1. The fraction of sp³-hybridized carbons (Fsp3) is 0.476. The molecule has 0 aromatic heterocycles. The molecule has 1 atom stereocenters. The van der Waals surface area contributed by atoms with Gasteiger partial charge in [0, 0.05) is 31.7 Å². The van der Waals surface area contributed by atoms with Crippen molar-refractivity contribution in [3.05, 3.63) is 47.7 Å². The maximum Gasteiger partial charge on any atom is 0.121 e. The van der Waals surface area contributed by atoms with E-state index in [9.17, 15) is 4.39 Å². The predicted octanol–water partition coefficient (Wildman–Crippen LogP) is 5.04. The second kappa shape index (κ2) is 8.43. The monoisotopic (exact) mass is 344 g/mol. The summed E-state index contributed by atoms with van der Waals surface area (Å²) in [5.41, 5.74) is 4.00. The number of nitrogens with zero attached hydrogens (tertiary/aromatic N) is 2. The van der Waals surface area contributed by atoms with Crippen LogP contribution >= 0.6 is 0 Å². The van der Waals surface area contributed by atoms with Crippen molar-refractivity contribution in [1.29, 1.82) is 0 Å². The van der Waals surface area contributed by atoms with Gasteiger partial charge in [0.25, 0.3) is 0 Å². The summed E-state index contributed by atoms with van der Waals surface area (Å²) in [6.07, 6.45) is 6.91. The Morgan fingerprint density at radius 3 is 2.40 bits per heavy atom. The first kappa shape index (κ1) is 19.4. The van der Waals surface area contributed by atoms with Gasteiger partial charge in [0.05, 0.1) is 6.61 Å². The molecule has 0 amide bonds. The van der Waals surface area contributed by atoms with Crippen LogP contribution in [0.1, 0.15) is 39.2 Å². The molecule has 1 aliphatic heterocycles. The van der Waals surface area contributed by atoms with Crippen LogP contribution in [-0.4, -0.2) is 38.2 Å².